The van der Waals surface area contributed by atoms with Gasteiger partial charge in [-0.1, -0.05) is 35.9 Å². The smallest absolute Gasteiger partial charge is 0.276 e. The minimum absolute atomic E-state index is 0.107. The van der Waals surface area contributed by atoms with Crippen LogP contribution in [-0.4, -0.2) is 15.7 Å². The van der Waals surface area contributed by atoms with Crippen LogP contribution in [0, 0.1) is 13.8 Å². The quantitative estimate of drug-likeness (QED) is 0.716. The fourth-order valence-corrected chi connectivity index (χ4v) is 3.31. The van der Waals surface area contributed by atoms with Crippen LogP contribution in [0.2, 0.25) is 5.02 Å². The van der Waals surface area contributed by atoms with E-state index in [9.17, 15) is 4.79 Å². The van der Waals surface area contributed by atoms with E-state index in [1.165, 1.54) is 0 Å². The lowest BCUT2D eigenvalue weighted by Crippen LogP contribution is -2.22. The van der Waals surface area contributed by atoms with Crippen molar-refractivity contribution < 1.29 is 9.53 Å². The molecule has 2 aromatic carbocycles. The second kappa shape index (κ2) is 7.18. The number of benzene rings is 2. The molecule has 6 heteroatoms. The van der Waals surface area contributed by atoms with E-state index in [-0.39, 0.29) is 12.0 Å². The summed E-state index contributed by atoms with van der Waals surface area (Å²) >= 11 is 5.95. The standard InChI is InChI=1S/C21H20ClN3O2/c1-13-4-3-5-18(14(13)2)23-21(26)19-10-17-12-27-20(11-25(17)24-19)15-6-8-16(22)9-7-15/h3-10,20H,11-12H2,1-2H3,(H,23,26)/t20-/m1/s1. The average molecular weight is 382 g/mol. The Morgan fingerprint density at radius 3 is 2.78 bits per heavy atom. The highest BCUT2D eigenvalue weighted by atomic mass is 35.5. The molecule has 1 N–H and O–H groups in total. The zero-order valence-electron chi connectivity index (χ0n) is 15.2. The molecule has 27 heavy (non-hydrogen) atoms. The van der Waals surface area contributed by atoms with Gasteiger partial charge in [0.1, 0.15) is 6.10 Å². The van der Waals surface area contributed by atoms with Crippen LogP contribution < -0.4 is 5.32 Å². The van der Waals surface area contributed by atoms with E-state index in [4.69, 9.17) is 16.3 Å². The molecule has 5 nitrogen and oxygen atoms in total. The second-order valence-corrected chi connectivity index (χ2v) is 7.19. The van der Waals surface area contributed by atoms with Crippen LogP contribution in [0.1, 0.15) is 39.0 Å². The van der Waals surface area contributed by atoms with Gasteiger partial charge in [0.2, 0.25) is 0 Å². The SMILES string of the molecule is Cc1cccc(NC(=O)c2cc3n(n2)C[C@H](c2ccc(Cl)cc2)OC3)c1C. The van der Waals surface area contributed by atoms with Crippen molar-refractivity contribution in [3.05, 3.63) is 81.6 Å². The van der Waals surface area contributed by atoms with Crippen molar-refractivity contribution in [3.8, 4) is 0 Å². The van der Waals surface area contributed by atoms with Crippen molar-refractivity contribution >= 4 is 23.2 Å². The fraction of sp³-hybridized carbons (Fsp3) is 0.238. The minimum atomic E-state index is -0.214. The van der Waals surface area contributed by atoms with E-state index < -0.39 is 0 Å². The highest BCUT2D eigenvalue weighted by molar-refractivity contribution is 6.30. The number of carbonyl (C=O) groups is 1. The Morgan fingerprint density at radius 1 is 1.22 bits per heavy atom. The number of rotatable bonds is 3. The number of carbonyl (C=O) groups excluding carboxylic acids is 1. The summed E-state index contributed by atoms with van der Waals surface area (Å²) in [6.45, 7) is 4.99. The van der Waals surface area contributed by atoms with E-state index in [0.29, 0.717) is 23.9 Å². The van der Waals surface area contributed by atoms with Gasteiger partial charge < -0.3 is 10.1 Å². The van der Waals surface area contributed by atoms with E-state index >= 15 is 0 Å². The highest BCUT2D eigenvalue weighted by Crippen LogP contribution is 2.28. The third-order valence-electron chi connectivity index (χ3n) is 4.96. The molecule has 1 aromatic heterocycles. The normalized spacial score (nSPS) is 16.0. The van der Waals surface area contributed by atoms with Crippen molar-refractivity contribution in [3.63, 3.8) is 0 Å². The number of hydrogen-bond acceptors (Lipinski definition) is 3. The average Bonchev–Trinajstić information content (AvgIpc) is 3.09. The highest BCUT2D eigenvalue weighted by Gasteiger charge is 2.24. The fourth-order valence-electron chi connectivity index (χ4n) is 3.19. The molecule has 0 bridgehead atoms. The Labute approximate surface area is 162 Å². The number of aryl methyl sites for hydroxylation is 1. The maximum absolute atomic E-state index is 12.6. The van der Waals surface area contributed by atoms with Gasteiger partial charge in [-0.3, -0.25) is 9.48 Å². The van der Waals surface area contributed by atoms with Gasteiger partial charge in [0.05, 0.1) is 18.8 Å². The van der Waals surface area contributed by atoms with Gasteiger partial charge in [0, 0.05) is 10.7 Å². The molecule has 2 heterocycles. The third kappa shape index (κ3) is 3.61. The predicted molar refractivity (Wildman–Crippen MR) is 105 cm³/mol. The lowest BCUT2D eigenvalue weighted by atomic mass is 10.1. The molecule has 0 radical (unpaired) electrons. The van der Waals surface area contributed by atoms with Gasteiger partial charge >= 0.3 is 0 Å². The first-order valence-corrected chi connectivity index (χ1v) is 9.20. The Balaban J connectivity index is 1.52. The van der Waals surface area contributed by atoms with Gasteiger partial charge in [0.15, 0.2) is 5.69 Å². The van der Waals surface area contributed by atoms with Gasteiger partial charge in [-0.2, -0.15) is 5.10 Å². The van der Waals surface area contributed by atoms with E-state index in [1.54, 1.807) is 6.07 Å². The number of ether oxygens (including phenoxy) is 1. The zero-order chi connectivity index (χ0) is 19.0. The summed E-state index contributed by atoms with van der Waals surface area (Å²) in [7, 11) is 0. The van der Waals surface area contributed by atoms with Crippen LogP contribution in [0.25, 0.3) is 0 Å². The van der Waals surface area contributed by atoms with Gasteiger partial charge in [-0.25, -0.2) is 0 Å². The van der Waals surface area contributed by atoms with Gasteiger partial charge in [0.25, 0.3) is 5.91 Å². The molecule has 1 aliphatic rings. The van der Waals surface area contributed by atoms with Crippen LogP contribution >= 0.6 is 11.6 Å². The summed E-state index contributed by atoms with van der Waals surface area (Å²) in [6.07, 6.45) is -0.107. The number of anilines is 1. The first kappa shape index (κ1) is 17.8. The molecule has 0 fully saturated rings. The number of nitrogens with zero attached hydrogens (tertiary/aromatic N) is 2. The Bertz CT molecular complexity index is 995. The molecular weight excluding hydrogens is 362 g/mol. The van der Waals surface area contributed by atoms with Crippen LogP contribution in [0.5, 0.6) is 0 Å². The van der Waals surface area contributed by atoms with E-state index in [0.717, 1.165) is 28.1 Å². The molecule has 3 aromatic rings. The molecule has 138 valence electrons. The molecule has 0 saturated carbocycles. The lowest BCUT2D eigenvalue weighted by molar-refractivity contribution is -0.00118. The third-order valence-corrected chi connectivity index (χ3v) is 5.21. The summed E-state index contributed by atoms with van der Waals surface area (Å²) in [4.78, 5) is 12.6. The second-order valence-electron chi connectivity index (χ2n) is 6.76. The molecular formula is C21H20ClN3O2. The van der Waals surface area contributed by atoms with Gasteiger partial charge in [-0.15, -0.1) is 0 Å². The van der Waals surface area contributed by atoms with Crippen LogP contribution in [0.4, 0.5) is 5.69 Å². The largest absolute Gasteiger partial charge is 0.365 e. The van der Waals surface area contributed by atoms with Crippen LogP contribution in [-0.2, 0) is 17.9 Å². The number of nitrogens with one attached hydrogen (secondary N) is 1. The summed E-state index contributed by atoms with van der Waals surface area (Å²) in [5.74, 6) is -0.214. The summed E-state index contributed by atoms with van der Waals surface area (Å²) < 4.78 is 7.79. The maximum Gasteiger partial charge on any atom is 0.276 e. The molecule has 0 aliphatic carbocycles. The molecule has 4 rings (SSSR count). The Kier molecular flexibility index (Phi) is 4.72. The number of halogens is 1. The molecule has 0 saturated heterocycles. The van der Waals surface area contributed by atoms with Crippen molar-refractivity contribution in [2.24, 2.45) is 0 Å². The molecule has 1 atom stereocenters. The van der Waals surface area contributed by atoms with Crippen molar-refractivity contribution in [1.82, 2.24) is 9.78 Å². The van der Waals surface area contributed by atoms with Gasteiger partial charge in [-0.05, 0) is 54.8 Å². The molecule has 1 aliphatic heterocycles. The maximum atomic E-state index is 12.6. The summed E-state index contributed by atoms with van der Waals surface area (Å²) in [5, 5.41) is 8.14. The van der Waals surface area contributed by atoms with Crippen molar-refractivity contribution in [1.29, 1.82) is 0 Å². The Hall–Kier alpha value is -2.63. The number of fused-ring (bicyclic) bond motifs is 1. The van der Waals surface area contributed by atoms with Crippen LogP contribution in [0.15, 0.2) is 48.5 Å². The molecule has 0 spiro atoms. The zero-order valence-corrected chi connectivity index (χ0v) is 16.0. The number of aromatic nitrogens is 2. The number of amides is 1. The molecule has 0 unspecified atom stereocenters. The summed E-state index contributed by atoms with van der Waals surface area (Å²) in [6, 6.07) is 15.2. The summed E-state index contributed by atoms with van der Waals surface area (Å²) in [5.41, 5.74) is 5.33. The van der Waals surface area contributed by atoms with Crippen LogP contribution in [0.3, 0.4) is 0 Å². The lowest BCUT2D eigenvalue weighted by Gasteiger charge is -2.24. The number of hydrogen-bond donors (Lipinski definition) is 1. The van der Waals surface area contributed by atoms with E-state index in [2.05, 4.69) is 10.4 Å². The first-order chi connectivity index (χ1) is 13.0. The topological polar surface area (TPSA) is 56.2 Å². The Morgan fingerprint density at radius 2 is 2.00 bits per heavy atom. The van der Waals surface area contributed by atoms with Crippen molar-refractivity contribution in [2.45, 2.75) is 33.1 Å². The van der Waals surface area contributed by atoms with E-state index in [1.807, 2.05) is 61.0 Å². The predicted octanol–water partition coefficient (Wildman–Crippen LogP) is 4.68. The monoisotopic (exact) mass is 381 g/mol. The first-order valence-electron chi connectivity index (χ1n) is 8.82. The minimum Gasteiger partial charge on any atom is -0.365 e. The molecule has 1 amide bonds. The van der Waals surface area contributed by atoms with Crippen molar-refractivity contribution in [2.75, 3.05) is 5.32 Å².